The van der Waals surface area contributed by atoms with Gasteiger partial charge in [-0.05, 0) is 12.1 Å². The van der Waals surface area contributed by atoms with E-state index in [0.717, 1.165) is 5.56 Å². The first-order valence-electron chi connectivity index (χ1n) is 7.32. The number of benzene rings is 1. The van der Waals surface area contributed by atoms with Crippen LogP contribution >= 0.6 is 11.3 Å². The maximum absolute atomic E-state index is 12.4. The molecule has 0 saturated heterocycles. The largest absolute Gasteiger partial charge is 0.497 e. The fraction of sp³-hybridized carbons (Fsp3) is 0.125. The highest BCUT2D eigenvalue weighted by Gasteiger charge is 2.16. The smallest absolute Gasteiger partial charge is 0.255 e. The number of ether oxygens (including phenoxy) is 1. The van der Waals surface area contributed by atoms with E-state index in [-0.39, 0.29) is 12.5 Å². The van der Waals surface area contributed by atoms with Crippen molar-refractivity contribution in [2.24, 2.45) is 0 Å². The van der Waals surface area contributed by atoms with Gasteiger partial charge in [-0.2, -0.15) is 5.10 Å². The third-order valence-corrected chi connectivity index (χ3v) is 4.02. The number of anilines is 1. The molecule has 0 saturated carbocycles. The summed E-state index contributed by atoms with van der Waals surface area (Å²) in [6.45, 7) is -0.166. The summed E-state index contributed by atoms with van der Waals surface area (Å²) in [6.07, 6.45) is 3.01. The molecule has 0 aliphatic rings. The van der Waals surface area contributed by atoms with Crippen molar-refractivity contribution in [3.8, 4) is 17.0 Å². The number of nitrogens with one attached hydrogen (secondary N) is 3. The van der Waals surface area contributed by atoms with Crippen molar-refractivity contribution in [1.82, 2.24) is 20.5 Å². The van der Waals surface area contributed by atoms with Crippen LogP contribution in [0.2, 0.25) is 0 Å². The van der Waals surface area contributed by atoms with Crippen LogP contribution in [0.15, 0.2) is 42.0 Å². The Morgan fingerprint density at radius 3 is 3.00 bits per heavy atom. The number of methoxy groups -OCH3 is 1. The monoisotopic (exact) mass is 357 g/mol. The van der Waals surface area contributed by atoms with Crippen LogP contribution in [0.1, 0.15) is 10.4 Å². The van der Waals surface area contributed by atoms with Gasteiger partial charge in [0.2, 0.25) is 5.91 Å². The van der Waals surface area contributed by atoms with Gasteiger partial charge < -0.3 is 15.4 Å². The fourth-order valence-corrected chi connectivity index (χ4v) is 2.71. The van der Waals surface area contributed by atoms with Gasteiger partial charge >= 0.3 is 0 Å². The van der Waals surface area contributed by atoms with Gasteiger partial charge in [0, 0.05) is 17.1 Å². The standard InChI is InChI=1S/C16H15N5O3S/c1-24-11-4-2-3-10(7-11)14-12(8-19-21-14)15(23)18-9-13(22)20-16-17-5-6-25-16/h2-8H,9H2,1H3,(H,18,23)(H,19,21)(H,17,20,22). The Morgan fingerprint density at radius 1 is 1.36 bits per heavy atom. The second kappa shape index (κ2) is 7.58. The molecule has 0 atom stereocenters. The highest BCUT2D eigenvalue weighted by molar-refractivity contribution is 7.13. The van der Waals surface area contributed by atoms with Crippen molar-refractivity contribution < 1.29 is 14.3 Å². The molecular formula is C16H15N5O3S. The Labute approximate surface area is 147 Å². The zero-order valence-corrected chi connectivity index (χ0v) is 14.1. The molecule has 3 N–H and O–H groups in total. The Balaban J connectivity index is 1.67. The summed E-state index contributed by atoms with van der Waals surface area (Å²) in [5, 5.41) is 14.1. The number of aromatic amines is 1. The van der Waals surface area contributed by atoms with E-state index < -0.39 is 5.91 Å². The Bertz CT molecular complexity index is 876. The van der Waals surface area contributed by atoms with Gasteiger partial charge in [0.1, 0.15) is 5.75 Å². The van der Waals surface area contributed by atoms with Crippen molar-refractivity contribution in [1.29, 1.82) is 0 Å². The van der Waals surface area contributed by atoms with Crippen LogP contribution in [0.25, 0.3) is 11.3 Å². The number of hydrogen-bond acceptors (Lipinski definition) is 6. The molecule has 0 bridgehead atoms. The molecular weight excluding hydrogens is 342 g/mol. The van der Waals surface area contributed by atoms with Crippen LogP contribution in [0.5, 0.6) is 5.75 Å². The minimum absolute atomic E-state index is 0.166. The molecule has 3 aromatic rings. The van der Waals surface area contributed by atoms with E-state index in [0.29, 0.717) is 22.1 Å². The molecule has 9 heteroatoms. The summed E-state index contributed by atoms with van der Waals surface area (Å²) in [7, 11) is 1.57. The molecule has 8 nitrogen and oxygen atoms in total. The minimum atomic E-state index is -0.402. The molecule has 128 valence electrons. The maximum atomic E-state index is 12.4. The van der Waals surface area contributed by atoms with Gasteiger partial charge in [0.25, 0.3) is 5.91 Å². The molecule has 0 spiro atoms. The Morgan fingerprint density at radius 2 is 2.24 bits per heavy atom. The number of thiazole rings is 1. The van der Waals surface area contributed by atoms with Crippen LogP contribution in [0.3, 0.4) is 0 Å². The third-order valence-electron chi connectivity index (χ3n) is 3.33. The first kappa shape index (κ1) is 16.7. The second-order valence-electron chi connectivity index (χ2n) is 4.96. The van der Waals surface area contributed by atoms with E-state index >= 15 is 0 Å². The summed E-state index contributed by atoms with van der Waals surface area (Å²) in [5.41, 5.74) is 1.65. The lowest BCUT2D eigenvalue weighted by Gasteiger charge is -2.07. The van der Waals surface area contributed by atoms with E-state index in [1.54, 1.807) is 24.8 Å². The molecule has 0 aliphatic heterocycles. The normalized spacial score (nSPS) is 10.3. The van der Waals surface area contributed by atoms with Crippen LogP contribution in [0, 0.1) is 0 Å². The quantitative estimate of drug-likeness (QED) is 0.624. The summed E-state index contributed by atoms with van der Waals surface area (Å²) in [6, 6.07) is 7.25. The molecule has 0 aliphatic carbocycles. The number of carbonyl (C=O) groups is 2. The van der Waals surface area contributed by atoms with Gasteiger partial charge in [-0.15, -0.1) is 11.3 Å². The first-order valence-corrected chi connectivity index (χ1v) is 8.20. The summed E-state index contributed by atoms with van der Waals surface area (Å²) in [5.74, 6) is -0.0862. The second-order valence-corrected chi connectivity index (χ2v) is 5.85. The average Bonchev–Trinajstić information content (AvgIpc) is 3.31. The molecule has 0 radical (unpaired) electrons. The number of amides is 2. The van der Waals surface area contributed by atoms with Crippen molar-refractivity contribution >= 4 is 28.3 Å². The highest BCUT2D eigenvalue weighted by Crippen LogP contribution is 2.24. The van der Waals surface area contributed by atoms with Crippen molar-refractivity contribution in [2.75, 3.05) is 19.0 Å². The lowest BCUT2D eigenvalue weighted by atomic mass is 10.1. The average molecular weight is 357 g/mol. The van der Waals surface area contributed by atoms with Crippen LogP contribution < -0.4 is 15.4 Å². The fourth-order valence-electron chi connectivity index (χ4n) is 2.16. The van der Waals surface area contributed by atoms with E-state index in [1.807, 2.05) is 18.2 Å². The number of hydrogen-bond donors (Lipinski definition) is 3. The molecule has 0 unspecified atom stereocenters. The molecule has 2 amide bonds. The minimum Gasteiger partial charge on any atom is -0.497 e. The number of nitrogens with zero attached hydrogens (tertiary/aromatic N) is 2. The van der Waals surface area contributed by atoms with Crippen LogP contribution in [-0.4, -0.2) is 40.7 Å². The molecule has 0 fully saturated rings. The Hall–Kier alpha value is -3.20. The number of carbonyl (C=O) groups excluding carboxylic acids is 2. The molecule has 1 aromatic carbocycles. The van der Waals surface area contributed by atoms with E-state index in [9.17, 15) is 9.59 Å². The van der Waals surface area contributed by atoms with E-state index in [4.69, 9.17) is 4.74 Å². The van der Waals surface area contributed by atoms with Crippen LogP contribution in [-0.2, 0) is 4.79 Å². The SMILES string of the molecule is COc1cccc(-c2[nH]ncc2C(=O)NCC(=O)Nc2nccs2)c1. The first-order chi connectivity index (χ1) is 12.2. The number of aromatic nitrogens is 3. The molecule has 2 heterocycles. The van der Waals surface area contributed by atoms with Crippen molar-refractivity contribution in [2.45, 2.75) is 0 Å². The lowest BCUT2D eigenvalue weighted by molar-refractivity contribution is -0.115. The summed E-state index contributed by atoms with van der Waals surface area (Å²) < 4.78 is 5.19. The van der Waals surface area contributed by atoms with Gasteiger partial charge in [0.15, 0.2) is 5.13 Å². The van der Waals surface area contributed by atoms with Crippen LogP contribution in [0.4, 0.5) is 5.13 Å². The summed E-state index contributed by atoms with van der Waals surface area (Å²) in [4.78, 5) is 28.1. The van der Waals surface area contributed by atoms with Gasteiger partial charge in [-0.1, -0.05) is 12.1 Å². The molecule has 3 rings (SSSR count). The van der Waals surface area contributed by atoms with Crippen molar-refractivity contribution in [3.05, 3.63) is 47.6 Å². The topological polar surface area (TPSA) is 109 Å². The maximum Gasteiger partial charge on any atom is 0.255 e. The molecule has 2 aromatic heterocycles. The predicted octanol–water partition coefficient (Wildman–Crippen LogP) is 1.91. The predicted molar refractivity (Wildman–Crippen MR) is 93.7 cm³/mol. The summed E-state index contributed by atoms with van der Waals surface area (Å²) >= 11 is 1.30. The van der Waals surface area contributed by atoms with Crippen molar-refractivity contribution in [3.63, 3.8) is 0 Å². The van der Waals surface area contributed by atoms with E-state index in [2.05, 4.69) is 25.8 Å². The number of rotatable bonds is 6. The zero-order valence-electron chi connectivity index (χ0n) is 13.3. The zero-order chi connectivity index (χ0) is 17.6. The lowest BCUT2D eigenvalue weighted by Crippen LogP contribution is -2.32. The Kier molecular flexibility index (Phi) is 5.05. The molecule has 25 heavy (non-hydrogen) atoms. The third kappa shape index (κ3) is 4.01. The van der Waals surface area contributed by atoms with Gasteiger partial charge in [-0.3, -0.25) is 14.7 Å². The van der Waals surface area contributed by atoms with E-state index in [1.165, 1.54) is 17.5 Å². The van der Waals surface area contributed by atoms with Gasteiger partial charge in [-0.25, -0.2) is 4.98 Å². The van der Waals surface area contributed by atoms with Gasteiger partial charge in [0.05, 0.1) is 31.1 Å². The highest BCUT2D eigenvalue weighted by atomic mass is 32.1. The number of H-pyrrole nitrogens is 1.